The van der Waals surface area contributed by atoms with Crippen molar-refractivity contribution in [1.29, 1.82) is 0 Å². The molecule has 1 atom stereocenters. The molecule has 0 aromatic heterocycles. The van der Waals surface area contributed by atoms with Gasteiger partial charge in [0.05, 0.1) is 19.1 Å². The second-order valence-corrected chi connectivity index (χ2v) is 9.08. The van der Waals surface area contributed by atoms with E-state index in [-0.39, 0.29) is 36.8 Å². The maximum atomic E-state index is 13.1. The molecule has 0 saturated carbocycles. The Morgan fingerprint density at radius 2 is 1.63 bits per heavy atom. The number of ether oxygens (including phenoxy) is 2. The SMILES string of the molecule is CN(C)CC(CC(=O)OCc1ccccc1)NC(=O)CCCCCCCOCc1cccc(F)c1. The topological polar surface area (TPSA) is 67.9 Å². The number of carbonyl (C=O) groups excluding carboxylic acids is 2. The summed E-state index contributed by atoms with van der Waals surface area (Å²) in [5.74, 6) is -0.599. The van der Waals surface area contributed by atoms with Gasteiger partial charge < -0.3 is 19.7 Å². The smallest absolute Gasteiger partial charge is 0.308 e. The van der Waals surface area contributed by atoms with E-state index < -0.39 is 0 Å². The van der Waals surface area contributed by atoms with Crippen LogP contribution < -0.4 is 5.32 Å². The Kier molecular flexibility index (Phi) is 13.7. The van der Waals surface area contributed by atoms with Gasteiger partial charge in [-0.15, -0.1) is 0 Å². The van der Waals surface area contributed by atoms with E-state index >= 15 is 0 Å². The van der Waals surface area contributed by atoms with Gasteiger partial charge in [-0.2, -0.15) is 0 Å². The van der Waals surface area contributed by atoms with E-state index in [1.165, 1.54) is 12.1 Å². The van der Waals surface area contributed by atoms with Crippen LogP contribution in [0.15, 0.2) is 54.6 Å². The van der Waals surface area contributed by atoms with Crippen molar-refractivity contribution in [2.24, 2.45) is 0 Å². The Balaban J connectivity index is 1.55. The minimum Gasteiger partial charge on any atom is -0.461 e. The highest BCUT2D eigenvalue weighted by atomic mass is 19.1. The molecule has 0 bridgehead atoms. The summed E-state index contributed by atoms with van der Waals surface area (Å²) >= 11 is 0. The Hall–Kier alpha value is -2.77. The van der Waals surface area contributed by atoms with Gasteiger partial charge in [-0.05, 0) is 50.2 Å². The summed E-state index contributed by atoms with van der Waals surface area (Å²) in [7, 11) is 3.83. The van der Waals surface area contributed by atoms with E-state index in [0.29, 0.717) is 26.2 Å². The zero-order valence-corrected chi connectivity index (χ0v) is 21.0. The van der Waals surface area contributed by atoms with E-state index in [1.807, 2.05) is 55.4 Å². The third kappa shape index (κ3) is 13.6. The number of carbonyl (C=O) groups is 2. The molecule has 0 aliphatic carbocycles. The van der Waals surface area contributed by atoms with Crippen molar-refractivity contribution < 1.29 is 23.5 Å². The van der Waals surface area contributed by atoms with Gasteiger partial charge in [-0.3, -0.25) is 9.59 Å². The number of hydrogen-bond acceptors (Lipinski definition) is 5. The molecule has 1 N–H and O–H groups in total. The summed E-state index contributed by atoms with van der Waals surface area (Å²) in [6.07, 6.45) is 5.37. The van der Waals surface area contributed by atoms with Gasteiger partial charge in [-0.25, -0.2) is 4.39 Å². The Morgan fingerprint density at radius 1 is 0.914 bits per heavy atom. The number of benzene rings is 2. The third-order valence-corrected chi connectivity index (χ3v) is 5.46. The van der Waals surface area contributed by atoms with Gasteiger partial charge in [-0.1, -0.05) is 61.7 Å². The number of nitrogens with zero attached hydrogens (tertiary/aromatic N) is 1. The highest BCUT2D eigenvalue weighted by molar-refractivity contribution is 5.77. The average molecular weight is 487 g/mol. The van der Waals surface area contributed by atoms with Crippen molar-refractivity contribution in [3.63, 3.8) is 0 Å². The molecular formula is C28H39FN2O4. The molecule has 0 aliphatic rings. The molecule has 1 amide bonds. The monoisotopic (exact) mass is 486 g/mol. The summed E-state index contributed by atoms with van der Waals surface area (Å²) in [6, 6.07) is 15.7. The van der Waals surface area contributed by atoms with Gasteiger partial charge in [0.2, 0.25) is 5.91 Å². The van der Waals surface area contributed by atoms with Crippen LogP contribution in [0.3, 0.4) is 0 Å². The number of esters is 1. The summed E-state index contributed by atoms with van der Waals surface area (Å²) in [6.45, 7) is 1.87. The van der Waals surface area contributed by atoms with E-state index in [4.69, 9.17) is 9.47 Å². The van der Waals surface area contributed by atoms with Crippen LogP contribution in [0, 0.1) is 5.82 Å². The lowest BCUT2D eigenvalue weighted by Crippen LogP contribution is -2.43. The average Bonchev–Trinajstić information content (AvgIpc) is 2.82. The first-order valence-corrected chi connectivity index (χ1v) is 12.4. The molecular weight excluding hydrogens is 447 g/mol. The molecule has 0 spiro atoms. The quantitative estimate of drug-likeness (QED) is 0.255. The number of nitrogens with one attached hydrogen (secondary N) is 1. The normalized spacial score (nSPS) is 11.9. The van der Waals surface area contributed by atoms with Gasteiger partial charge in [0.1, 0.15) is 12.4 Å². The molecule has 0 fully saturated rings. The summed E-state index contributed by atoms with van der Waals surface area (Å²) < 4.78 is 24.1. The standard InChI is InChI=1S/C28H39FN2O4/c1-31(2)20-26(19-28(33)35-22-23-12-7-6-8-13-23)30-27(32)16-9-4-3-5-10-17-34-21-24-14-11-15-25(29)18-24/h6-8,11-15,18,26H,3-5,9-10,16-17,19-22H2,1-2H3,(H,30,32). The van der Waals surface area contributed by atoms with Crippen LogP contribution in [-0.2, 0) is 32.3 Å². The van der Waals surface area contributed by atoms with Crippen molar-refractivity contribution in [2.75, 3.05) is 27.2 Å². The molecule has 0 saturated heterocycles. The van der Waals surface area contributed by atoms with Gasteiger partial charge in [0.25, 0.3) is 0 Å². The van der Waals surface area contributed by atoms with Crippen molar-refractivity contribution in [3.05, 3.63) is 71.5 Å². The lowest BCUT2D eigenvalue weighted by Gasteiger charge is -2.22. The number of rotatable bonds is 17. The van der Waals surface area contributed by atoms with Crippen LogP contribution >= 0.6 is 0 Å². The molecule has 0 heterocycles. The van der Waals surface area contributed by atoms with Crippen LogP contribution in [0.2, 0.25) is 0 Å². The van der Waals surface area contributed by atoms with Crippen LogP contribution in [-0.4, -0.2) is 50.1 Å². The first kappa shape index (κ1) is 28.5. The van der Waals surface area contributed by atoms with Gasteiger partial charge >= 0.3 is 5.97 Å². The molecule has 0 radical (unpaired) electrons. The highest BCUT2D eigenvalue weighted by Crippen LogP contribution is 2.09. The molecule has 0 aliphatic heterocycles. The fraction of sp³-hybridized carbons (Fsp3) is 0.500. The zero-order valence-electron chi connectivity index (χ0n) is 21.0. The van der Waals surface area contributed by atoms with E-state index in [9.17, 15) is 14.0 Å². The second kappa shape index (κ2) is 16.8. The fourth-order valence-corrected chi connectivity index (χ4v) is 3.74. The van der Waals surface area contributed by atoms with E-state index in [1.54, 1.807) is 6.07 Å². The lowest BCUT2D eigenvalue weighted by atomic mass is 10.1. The molecule has 1 unspecified atom stereocenters. The van der Waals surface area contributed by atoms with Crippen molar-refractivity contribution in [1.82, 2.24) is 10.2 Å². The van der Waals surface area contributed by atoms with Crippen molar-refractivity contribution >= 4 is 11.9 Å². The summed E-state index contributed by atoms with van der Waals surface area (Å²) in [5.41, 5.74) is 1.78. The molecule has 2 aromatic rings. The maximum Gasteiger partial charge on any atom is 0.308 e. The molecule has 2 rings (SSSR count). The predicted molar refractivity (Wildman–Crippen MR) is 135 cm³/mol. The fourth-order valence-electron chi connectivity index (χ4n) is 3.74. The first-order chi connectivity index (χ1) is 16.9. The van der Waals surface area contributed by atoms with E-state index in [2.05, 4.69) is 5.32 Å². The first-order valence-electron chi connectivity index (χ1n) is 12.4. The molecule has 6 nitrogen and oxygen atoms in total. The molecule has 35 heavy (non-hydrogen) atoms. The minimum atomic E-state index is -0.319. The number of amides is 1. The van der Waals surface area contributed by atoms with Crippen LogP contribution in [0.5, 0.6) is 0 Å². The third-order valence-electron chi connectivity index (χ3n) is 5.46. The molecule has 2 aromatic carbocycles. The number of likely N-dealkylation sites (N-methyl/N-ethyl adjacent to an activating group) is 1. The van der Waals surface area contributed by atoms with E-state index in [0.717, 1.165) is 43.2 Å². The number of halogens is 1. The Bertz CT molecular complexity index is 876. The van der Waals surface area contributed by atoms with Crippen LogP contribution in [0.25, 0.3) is 0 Å². The largest absolute Gasteiger partial charge is 0.461 e. The van der Waals surface area contributed by atoms with Gasteiger partial charge in [0, 0.05) is 19.6 Å². The second-order valence-electron chi connectivity index (χ2n) is 9.08. The highest BCUT2D eigenvalue weighted by Gasteiger charge is 2.18. The molecule has 192 valence electrons. The van der Waals surface area contributed by atoms with Crippen LogP contribution in [0.4, 0.5) is 4.39 Å². The minimum absolute atomic E-state index is 0.0360. The predicted octanol–water partition coefficient (Wildman–Crippen LogP) is 4.86. The number of hydrogen-bond donors (Lipinski definition) is 1. The summed E-state index contributed by atoms with van der Waals surface area (Å²) in [4.78, 5) is 26.6. The van der Waals surface area contributed by atoms with Crippen molar-refractivity contribution in [3.8, 4) is 0 Å². The van der Waals surface area contributed by atoms with Crippen LogP contribution in [0.1, 0.15) is 56.1 Å². The van der Waals surface area contributed by atoms with Crippen molar-refractivity contribution in [2.45, 2.75) is 64.2 Å². The zero-order chi connectivity index (χ0) is 25.3. The maximum absolute atomic E-state index is 13.1. The Labute approximate surface area is 208 Å². The van der Waals surface area contributed by atoms with Gasteiger partial charge in [0.15, 0.2) is 0 Å². The number of unbranched alkanes of at least 4 members (excludes halogenated alkanes) is 4. The summed E-state index contributed by atoms with van der Waals surface area (Å²) in [5, 5.41) is 2.99. The lowest BCUT2D eigenvalue weighted by molar-refractivity contribution is -0.145. The molecule has 7 heteroatoms. The Morgan fingerprint density at radius 3 is 2.37 bits per heavy atom.